The van der Waals surface area contributed by atoms with Crippen LogP contribution in [0.5, 0.6) is 0 Å². The largest absolute Gasteiger partial charge is 0.328 e. The van der Waals surface area contributed by atoms with E-state index < -0.39 is 6.04 Å². The fourth-order valence-electron chi connectivity index (χ4n) is 0.982. The van der Waals surface area contributed by atoms with Gasteiger partial charge in [0.25, 0.3) is 0 Å². The third-order valence-electron chi connectivity index (χ3n) is 1.86. The SMILES string of the molecule is NCC(N)C(=O)C=Cc1ccccc1. The van der Waals surface area contributed by atoms with Crippen molar-refractivity contribution in [3.8, 4) is 0 Å². The summed E-state index contributed by atoms with van der Waals surface area (Å²) in [4.78, 5) is 11.3. The van der Waals surface area contributed by atoms with E-state index in [9.17, 15) is 4.79 Å². The van der Waals surface area contributed by atoms with Gasteiger partial charge in [-0.05, 0) is 11.6 Å². The minimum absolute atomic E-state index is 0.142. The molecule has 4 N–H and O–H groups in total. The van der Waals surface area contributed by atoms with E-state index in [-0.39, 0.29) is 12.3 Å². The Balaban J connectivity index is 2.61. The van der Waals surface area contributed by atoms with E-state index in [1.54, 1.807) is 6.08 Å². The average molecular weight is 190 g/mol. The molecule has 0 aliphatic carbocycles. The van der Waals surface area contributed by atoms with E-state index in [2.05, 4.69) is 0 Å². The van der Waals surface area contributed by atoms with Crippen molar-refractivity contribution in [2.45, 2.75) is 6.04 Å². The van der Waals surface area contributed by atoms with Gasteiger partial charge < -0.3 is 11.5 Å². The lowest BCUT2D eigenvalue weighted by Gasteiger charge is -2.01. The molecule has 74 valence electrons. The zero-order valence-corrected chi connectivity index (χ0v) is 7.89. The highest BCUT2D eigenvalue weighted by Gasteiger charge is 2.06. The van der Waals surface area contributed by atoms with Gasteiger partial charge in [-0.15, -0.1) is 0 Å². The van der Waals surface area contributed by atoms with Crippen molar-refractivity contribution in [2.24, 2.45) is 11.5 Å². The average Bonchev–Trinajstić information content (AvgIpc) is 2.26. The zero-order chi connectivity index (χ0) is 10.4. The molecule has 3 heteroatoms. The number of hydrogen-bond donors (Lipinski definition) is 2. The monoisotopic (exact) mass is 190 g/mol. The fourth-order valence-corrected chi connectivity index (χ4v) is 0.982. The molecule has 0 bridgehead atoms. The topological polar surface area (TPSA) is 69.1 Å². The molecular weight excluding hydrogens is 176 g/mol. The van der Waals surface area contributed by atoms with Crippen molar-refractivity contribution >= 4 is 11.9 Å². The van der Waals surface area contributed by atoms with E-state index in [1.165, 1.54) is 6.08 Å². The van der Waals surface area contributed by atoms with E-state index in [1.807, 2.05) is 30.3 Å². The second kappa shape index (κ2) is 5.32. The smallest absolute Gasteiger partial charge is 0.173 e. The quantitative estimate of drug-likeness (QED) is 0.681. The van der Waals surface area contributed by atoms with Gasteiger partial charge in [0, 0.05) is 6.54 Å². The van der Waals surface area contributed by atoms with Crippen LogP contribution in [0.4, 0.5) is 0 Å². The van der Waals surface area contributed by atoms with Crippen LogP contribution in [-0.4, -0.2) is 18.4 Å². The first-order valence-electron chi connectivity index (χ1n) is 4.46. The lowest BCUT2D eigenvalue weighted by molar-refractivity contribution is -0.115. The van der Waals surface area contributed by atoms with Crippen LogP contribution in [0.3, 0.4) is 0 Å². The minimum atomic E-state index is -0.588. The first kappa shape index (κ1) is 10.6. The van der Waals surface area contributed by atoms with Crippen molar-refractivity contribution < 1.29 is 4.79 Å². The number of hydrogen-bond acceptors (Lipinski definition) is 3. The van der Waals surface area contributed by atoms with Crippen LogP contribution in [0.1, 0.15) is 5.56 Å². The molecule has 1 aromatic carbocycles. The van der Waals surface area contributed by atoms with Gasteiger partial charge in [-0.25, -0.2) is 0 Å². The maximum absolute atomic E-state index is 11.3. The third kappa shape index (κ3) is 3.12. The molecule has 0 aromatic heterocycles. The van der Waals surface area contributed by atoms with Crippen molar-refractivity contribution in [2.75, 3.05) is 6.54 Å². The number of ketones is 1. The Labute approximate surface area is 83.4 Å². The molecule has 0 fully saturated rings. The first-order chi connectivity index (χ1) is 6.74. The molecule has 0 saturated carbocycles. The predicted octanol–water partition coefficient (Wildman–Crippen LogP) is 0.555. The lowest BCUT2D eigenvalue weighted by Crippen LogP contribution is -2.36. The Kier molecular flexibility index (Phi) is 4.04. The summed E-state index contributed by atoms with van der Waals surface area (Å²) in [5.41, 5.74) is 11.7. The molecular formula is C11H14N2O. The molecule has 0 radical (unpaired) electrons. The maximum atomic E-state index is 11.3. The molecule has 0 saturated heterocycles. The summed E-state index contributed by atoms with van der Waals surface area (Å²) in [7, 11) is 0. The summed E-state index contributed by atoms with van der Waals surface area (Å²) in [6.07, 6.45) is 3.20. The van der Waals surface area contributed by atoms with Crippen LogP contribution in [0.2, 0.25) is 0 Å². The Bertz CT molecular complexity index is 319. The number of carbonyl (C=O) groups excluding carboxylic acids is 1. The van der Waals surface area contributed by atoms with Crippen molar-refractivity contribution in [1.82, 2.24) is 0 Å². The molecule has 0 spiro atoms. The molecule has 1 atom stereocenters. The van der Waals surface area contributed by atoms with Crippen LogP contribution in [0.15, 0.2) is 36.4 Å². The summed E-state index contributed by atoms with van der Waals surface area (Å²) >= 11 is 0. The van der Waals surface area contributed by atoms with Crippen molar-refractivity contribution in [3.63, 3.8) is 0 Å². The summed E-state index contributed by atoms with van der Waals surface area (Å²) in [5.74, 6) is -0.142. The Morgan fingerprint density at radius 2 is 2.00 bits per heavy atom. The Hall–Kier alpha value is -1.45. The first-order valence-corrected chi connectivity index (χ1v) is 4.46. The maximum Gasteiger partial charge on any atom is 0.173 e. The number of rotatable bonds is 4. The Morgan fingerprint density at radius 1 is 1.36 bits per heavy atom. The summed E-state index contributed by atoms with van der Waals surface area (Å²) in [6.45, 7) is 0.179. The van der Waals surface area contributed by atoms with Crippen LogP contribution < -0.4 is 11.5 Å². The molecule has 3 nitrogen and oxygen atoms in total. The van der Waals surface area contributed by atoms with Gasteiger partial charge in [0.2, 0.25) is 0 Å². The molecule has 0 aliphatic heterocycles. The summed E-state index contributed by atoms with van der Waals surface area (Å²) in [5, 5.41) is 0. The van der Waals surface area contributed by atoms with E-state index in [0.29, 0.717) is 0 Å². The highest BCUT2D eigenvalue weighted by molar-refractivity contribution is 5.97. The van der Waals surface area contributed by atoms with Crippen LogP contribution >= 0.6 is 0 Å². The van der Waals surface area contributed by atoms with E-state index in [0.717, 1.165) is 5.56 Å². The second-order valence-corrected chi connectivity index (χ2v) is 2.99. The van der Waals surface area contributed by atoms with Gasteiger partial charge >= 0.3 is 0 Å². The van der Waals surface area contributed by atoms with Gasteiger partial charge in [0.15, 0.2) is 5.78 Å². The number of benzene rings is 1. The van der Waals surface area contributed by atoms with Gasteiger partial charge in [0.05, 0.1) is 6.04 Å². The van der Waals surface area contributed by atoms with Crippen LogP contribution in [-0.2, 0) is 4.79 Å². The molecule has 0 aliphatic rings. The molecule has 0 amide bonds. The minimum Gasteiger partial charge on any atom is -0.328 e. The summed E-state index contributed by atoms with van der Waals surface area (Å²) < 4.78 is 0. The van der Waals surface area contributed by atoms with E-state index >= 15 is 0 Å². The highest BCUT2D eigenvalue weighted by atomic mass is 16.1. The molecule has 1 rings (SSSR count). The van der Waals surface area contributed by atoms with Crippen molar-refractivity contribution in [1.29, 1.82) is 0 Å². The normalized spacial score (nSPS) is 13.0. The molecule has 0 heterocycles. The molecule has 1 unspecified atom stereocenters. The lowest BCUT2D eigenvalue weighted by atomic mass is 10.1. The predicted molar refractivity (Wildman–Crippen MR) is 57.5 cm³/mol. The van der Waals surface area contributed by atoms with Gasteiger partial charge in [-0.3, -0.25) is 4.79 Å². The van der Waals surface area contributed by atoms with Gasteiger partial charge in [-0.1, -0.05) is 36.4 Å². The number of nitrogens with two attached hydrogens (primary N) is 2. The third-order valence-corrected chi connectivity index (χ3v) is 1.86. The number of carbonyl (C=O) groups is 1. The van der Waals surface area contributed by atoms with Gasteiger partial charge in [0.1, 0.15) is 0 Å². The Morgan fingerprint density at radius 3 is 2.57 bits per heavy atom. The summed E-state index contributed by atoms with van der Waals surface area (Å²) in [6, 6.07) is 8.98. The fraction of sp³-hybridized carbons (Fsp3) is 0.182. The standard InChI is InChI=1S/C11H14N2O/c12-8-10(13)11(14)7-6-9-4-2-1-3-5-9/h1-7,10H,8,12-13H2. The second-order valence-electron chi connectivity index (χ2n) is 2.99. The van der Waals surface area contributed by atoms with E-state index in [4.69, 9.17) is 11.5 Å². The van der Waals surface area contributed by atoms with Crippen molar-refractivity contribution in [3.05, 3.63) is 42.0 Å². The molecule has 1 aromatic rings. The zero-order valence-electron chi connectivity index (χ0n) is 7.89. The van der Waals surface area contributed by atoms with Gasteiger partial charge in [-0.2, -0.15) is 0 Å². The highest BCUT2D eigenvalue weighted by Crippen LogP contribution is 2.01. The molecule has 14 heavy (non-hydrogen) atoms. The van der Waals surface area contributed by atoms with Crippen LogP contribution in [0.25, 0.3) is 6.08 Å². The van der Waals surface area contributed by atoms with Crippen LogP contribution in [0, 0.1) is 0 Å².